The van der Waals surface area contributed by atoms with Crippen molar-refractivity contribution in [2.24, 2.45) is 29.1 Å². The number of hydrogen-bond acceptors (Lipinski definition) is 11. The Morgan fingerprint density at radius 3 is 2.51 bits per heavy atom. The van der Waals surface area contributed by atoms with Gasteiger partial charge in [-0.05, 0) is 114 Å². The summed E-state index contributed by atoms with van der Waals surface area (Å²) in [6.07, 6.45) is 7.65. The summed E-state index contributed by atoms with van der Waals surface area (Å²) in [4.78, 5) is 73.8. The van der Waals surface area contributed by atoms with Crippen LogP contribution in [0.25, 0.3) is 10.8 Å². The Kier molecular flexibility index (Phi) is 11.8. The van der Waals surface area contributed by atoms with Gasteiger partial charge in [0.05, 0.1) is 35.1 Å². The Morgan fingerprint density at radius 1 is 1.09 bits per heavy atom. The summed E-state index contributed by atoms with van der Waals surface area (Å²) in [6.45, 7) is 10.4. The predicted molar refractivity (Wildman–Crippen MR) is 210 cm³/mol. The molecule has 0 unspecified atom stereocenters. The van der Waals surface area contributed by atoms with E-state index in [-0.39, 0.29) is 55.3 Å². The second-order valence-electron chi connectivity index (χ2n) is 17.9. The number of Topliss-reactive ketones (excluding diaryl/α,β-unsaturated/α-hetero) is 1. The lowest BCUT2D eigenvalue weighted by Gasteiger charge is -2.32. The van der Waals surface area contributed by atoms with Crippen molar-refractivity contribution in [3.8, 4) is 11.6 Å². The highest BCUT2D eigenvalue weighted by molar-refractivity contribution is 7.91. The van der Waals surface area contributed by atoms with Gasteiger partial charge in [-0.25, -0.2) is 18.2 Å². The summed E-state index contributed by atoms with van der Waals surface area (Å²) in [5.74, 6) is -3.79. The largest absolute Gasteiger partial charge is 0.482 e. The molecule has 1 aromatic carbocycles. The number of ether oxygens (including phenoxy) is 3. The van der Waals surface area contributed by atoms with Crippen molar-refractivity contribution in [3.05, 3.63) is 42.6 Å². The zero-order chi connectivity index (χ0) is 41.5. The highest BCUT2D eigenvalue weighted by Gasteiger charge is 2.62. The Balaban J connectivity index is 1.33. The van der Waals surface area contributed by atoms with Gasteiger partial charge in [-0.2, -0.15) is 0 Å². The molecular formula is C42H55N3O11S. The van der Waals surface area contributed by atoms with Crippen LogP contribution in [0.4, 0.5) is 0 Å². The molecule has 4 aliphatic rings. The summed E-state index contributed by atoms with van der Waals surface area (Å²) in [5.41, 5.74) is -2.07. The summed E-state index contributed by atoms with van der Waals surface area (Å²) < 4.78 is 45.2. The van der Waals surface area contributed by atoms with Crippen LogP contribution in [0.3, 0.4) is 0 Å². The number of sulfonamides is 1. The average molecular weight is 810 g/mol. The molecule has 2 amide bonds. The third-order valence-electron chi connectivity index (χ3n) is 11.9. The molecular weight excluding hydrogens is 755 g/mol. The molecule has 7 atom stereocenters. The van der Waals surface area contributed by atoms with Gasteiger partial charge in [0, 0.05) is 24.4 Å². The fourth-order valence-corrected chi connectivity index (χ4v) is 9.60. The smallest absolute Gasteiger partial charge is 0.341 e. The summed E-state index contributed by atoms with van der Waals surface area (Å²) in [7, 11) is -3.98. The third kappa shape index (κ3) is 9.61. The quantitative estimate of drug-likeness (QED) is 0.230. The Morgan fingerprint density at radius 2 is 1.82 bits per heavy atom. The number of benzene rings is 1. The number of ketones is 1. The van der Waals surface area contributed by atoms with Crippen LogP contribution in [0.15, 0.2) is 42.6 Å². The van der Waals surface area contributed by atoms with Crippen LogP contribution in [0, 0.1) is 29.1 Å². The summed E-state index contributed by atoms with van der Waals surface area (Å²) >= 11 is 0. The molecule has 2 saturated carbocycles. The molecule has 0 radical (unpaired) electrons. The molecule has 3 fully saturated rings. The van der Waals surface area contributed by atoms with Crippen LogP contribution in [0.1, 0.15) is 99.3 Å². The molecule has 1 saturated heterocycles. The van der Waals surface area contributed by atoms with E-state index in [0.29, 0.717) is 48.6 Å². The van der Waals surface area contributed by atoms with Crippen LogP contribution >= 0.6 is 0 Å². The monoisotopic (exact) mass is 809 g/mol. The van der Waals surface area contributed by atoms with E-state index in [1.54, 1.807) is 52.0 Å². The van der Waals surface area contributed by atoms with Crippen molar-refractivity contribution in [2.75, 3.05) is 13.2 Å². The predicted octanol–water partition coefficient (Wildman–Crippen LogP) is 5.37. The maximum atomic E-state index is 14.9. The molecule has 2 N–H and O–H groups in total. The fraction of sp³-hybridized carbons (Fsp3) is 0.619. The lowest BCUT2D eigenvalue weighted by atomic mass is 9.82. The van der Waals surface area contributed by atoms with E-state index in [0.717, 1.165) is 6.42 Å². The standard InChI is InChI=1S/C42H55N3O11S/c1-25-9-7-8-10-28-21-42(28,39(51)44-57(52,53)41(6)14-15-41)22-34(46)33-19-30(23-45(33)38(50)32(26(2)17-25)20-36(49)56-40(3,4)5)55-37-31-12-11-29(54-24-35(47)48)18-27(31)13-16-43-37/h8,10-13,16,18,25-26,28,30,32-33H,7,9,14-15,17,19-24H2,1-6H3,(H,44,51)(H,47,48)/b10-8-/t25-,26-,28-,30-,32+,33+,42-/m1/s1. The minimum Gasteiger partial charge on any atom is -0.482 e. The number of fused-ring (bicyclic) bond motifs is 3. The third-order valence-corrected chi connectivity index (χ3v) is 14.1. The minimum atomic E-state index is -3.98. The van der Waals surface area contributed by atoms with Crippen molar-refractivity contribution in [2.45, 2.75) is 122 Å². The zero-order valence-corrected chi connectivity index (χ0v) is 34.4. The highest BCUT2D eigenvalue weighted by Crippen LogP contribution is 2.57. The molecule has 6 rings (SSSR count). The average Bonchev–Trinajstić information content (AvgIpc) is 4.00. The van der Waals surface area contributed by atoms with E-state index in [2.05, 4.69) is 16.6 Å². The molecule has 1 aromatic heterocycles. The number of carboxylic acids is 1. The van der Waals surface area contributed by atoms with Crippen LogP contribution < -0.4 is 14.2 Å². The first-order valence-electron chi connectivity index (χ1n) is 19.9. The molecule has 14 nitrogen and oxygen atoms in total. The minimum absolute atomic E-state index is 0.00450. The lowest BCUT2D eigenvalue weighted by molar-refractivity contribution is -0.160. The normalized spacial score (nSPS) is 29.5. The maximum Gasteiger partial charge on any atom is 0.341 e. The number of carboxylic acid groups (broad SMARTS) is 1. The topological polar surface area (TPSA) is 196 Å². The van der Waals surface area contributed by atoms with Gasteiger partial charge >= 0.3 is 11.9 Å². The number of hydrogen-bond donors (Lipinski definition) is 2. The Labute approximate surface area is 334 Å². The van der Waals surface area contributed by atoms with Crippen molar-refractivity contribution >= 4 is 50.3 Å². The summed E-state index contributed by atoms with van der Waals surface area (Å²) in [5, 5.41) is 10.3. The van der Waals surface area contributed by atoms with E-state index >= 15 is 0 Å². The van der Waals surface area contributed by atoms with E-state index in [1.165, 1.54) is 11.1 Å². The molecule has 57 heavy (non-hydrogen) atoms. The molecule has 15 heteroatoms. The lowest BCUT2D eigenvalue weighted by Crippen LogP contribution is -2.48. The second-order valence-corrected chi connectivity index (χ2v) is 20.1. The molecule has 2 aliphatic heterocycles. The zero-order valence-electron chi connectivity index (χ0n) is 33.6. The highest BCUT2D eigenvalue weighted by atomic mass is 32.2. The van der Waals surface area contributed by atoms with Crippen molar-refractivity contribution in [1.82, 2.24) is 14.6 Å². The van der Waals surface area contributed by atoms with E-state index in [4.69, 9.17) is 19.3 Å². The number of esters is 1. The number of carbonyl (C=O) groups excluding carboxylic acids is 4. The van der Waals surface area contributed by atoms with Crippen LogP contribution in [0.5, 0.6) is 11.6 Å². The number of carbonyl (C=O) groups is 5. The number of allylic oxidation sites excluding steroid dienone is 2. The van der Waals surface area contributed by atoms with Gasteiger partial charge in [-0.3, -0.25) is 23.9 Å². The first-order valence-corrected chi connectivity index (χ1v) is 21.4. The van der Waals surface area contributed by atoms with Gasteiger partial charge in [-0.15, -0.1) is 0 Å². The van der Waals surface area contributed by atoms with E-state index < -0.39 is 74.1 Å². The number of nitrogens with zero attached hydrogens (tertiary/aromatic N) is 2. The number of pyridine rings is 1. The molecule has 310 valence electrons. The molecule has 0 bridgehead atoms. The Hall–Kier alpha value is -4.53. The van der Waals surface area contributed by atoms with Gasteiger partial charge < -0.3 is 24.2 Å². The number of nitrogens with one attached hydrogen (secondary N) is 1. The number of aliphatic carboxylic acids is 1. The summed E-state index contributed by atoms with van der Waals surface area (Å²) in [6, 6.07) is 5.65. The molecule has 2 aliphatic carbocycles. The van der Waals surface area contributed by atoms with Crippen LogP contribution in [0.2, 0.25) is 0 Å². The number of rotatable bonds is 10. The maximum absolute atomic E-state index is 14.9. The first-order chi connectivity index (χ1) is 26.7. The molecule has 2 aromatic rings. The van der Waals surface area contributed by atoms with Crippen molar-refractivity contribution in [1.29, 1.82) is 0 Å². The SMILES string of the molecule is C[C@@H]1CC/C=C\[C@@H]2C[C@@]2(C(=O)NS(=O)(=O)C2(C)CC2)CC(=O)[C@@H]2C[C@@H](Oc3nccc4cc(OCC(=O)O)ccc34)CN2C(=O)[C@@H](CC(=O)OC(C)(C)C)[C@H](C)C1. The van der Waals surface area contributed by atoms with Crippen molar-refractivity contribution < 1.29 is 51.7 Å². The van der Waals surface area contributed by atoms with Crippen molar-refractivity contribution in [3.63, 3.8) is 0 Å². The van der Waals surface area contributed by atoms with Crippen LogP contribution in [-0.2, 0) is 38.7 Å². The van der Waals surface area contributed by atoms with Gasteiger partial charge in [0.15, 0.2) is 12.4 Å². The van der Waals surface area contributed by atoms with E-state index in [9.17, 15) is 32.4 Å². The van der Waals surface area contributed by atoms with Gasteiger partial charge in [0.1, 0.15) is 17.5 Å². The molecule has 3 heterocycles. The molecule has 0 spiro atoms. The van der Waals surface area contributed by atoms with Gasteiger partial charge in [0.25, 0.3) is 0 Å². The first kappa shape index (κ1) is 42.1. The number of aromatic nitrogens is 1. The Bertz CT molecular complexity index is 2060. The van der Waals surface area contributed by atoms with E-state index in [1.807, 2.05) is 19.1 Å². The van der Waals surface area contributed by atoms with Crippen LogP contribution in [-0.4, -0.2) is 88.6 Å². The number of amides is 2. The fourth-order valence-electron chi connectivity index (χ4n) is 8.26. The second kappa shape index (κ2) is 16.0. The van der Waals surface area contributed by atoms with Gasteiger partial charge in [-0.1, -0.05) is 26.0 Å². The van der Waals surface area contributed by atoms with Gasteiger partial charge in [0.2, 0.25) is 27.7 Å².